The van der Waals surface area contributed by atoms with Gasteiger partial charge in [-0.25, -0.2) is 9.97 Å². The molecule has 0 aromatic carbocycles. The number of hydrogen-bond donors (Lipinski definition) is 1. The van der Waals surface area contributed by atoms with Crippen LogP contribution in [0.4, 0.5) is 0 Å². The van der Waals surface area contributed by atoms with Crippen LogP contribution in [-0.2, 0) is 15.9 Å². The van der Waals surface area contributed by atoms with Crippen LogP contribution in [0.3, 0.4) is 0 Å². The highest BCUT2D eigenvalue weighted by Gasteiger charge is 2.14. The topological polar surface area (TPSA) is 56.3 Å². The molecule has 1 atom stereocenters. The molecular formula is C16H29N3O2. The molecule has 0 fully saturated rings. The zero-order valence-electron chi connectivity index (χ0n) is 14.0. The summed E-state index contributed by atoms with van der Waals surface area (Å²) >= 11 is 0. The normalized spacial score (nSPS) is 12.6. The van der Waals surface area contributed by atoms with Gasteiger partial charge in [-0.1, -0.05) is 6.92 Å². The molecular weight excluding hydrogens is 266 g/mol. The highest BCUT2D eigenvalue weighted by Crippen LogP contribution is 2.20. The molecule has 0 spiro atoms. The maximum atomic E-state index is 5.37. The van der Waals surface area contributed by atoms with E-state index in [0.29, 0.717) is 12.5 Å². The van der Waals surface area contributed by atoms with Gasteiger partial charge in [0, 0.05) is 44.6 Å². The Morgan fingerprint density at radius 3 is 2.38 bits per heavy atom. The first-order chi connectivity index (χ1) is 10.1. The van der Waals surface area contributed by atoms with Crippen molar-refractivity contribution in [1.29, 1.82) is 0 Å². The minimum absolute atomic E-state index is 0.391. The summed E-state index contributed by atoms with van der Waals surface area (Å²) in [6.07, 6.45) is 0.774. The van der Waals surface area contributed by atoms with E-state index >= 15 is 0 Å². The Labute approximate surface area is 128 Å². The van der Waals surface area contributed by atoms with E-state index in [9.17, 15) is 0 Å². The van der Waals surface area contributed by atoms with Gasteiger partial charge in [0.15, 0.2) is 0 Å². The summed E-state index contributed by atoms with van der Waals surface area (Å²) in [6, 6.07) is 0. The minimum atomic E-state index is 0.391. The molecule has 1 unspecified atom stereocenters. The Morgan fingerprint density at radius 2 is 1.81 bits per heavy atom. The first-order valence-corrected chi connectivity index (χ1v) is 7.71. The van der Waals surface area contributed by atoms with Gasteiger partial charge in [0.2, 0.25) is 0 Å². The molecule has 1 aromatic heterocycles. The number of rotatable bonds is 10. The lowest BCUT2D eigenvalue weighted by atomic mass is 9.98. The van der Waals surface area contributed by atoms with E-state index in [1.807, 2.05) is 6.92 Å². The van der Waals surface area contributed by atoms with Crippen LogP contribution in [0.25, 0.3) is 0 Å². The van der Waals surface area contributed by atoms with Crippen molar-refractivity contribution >= 4 is 0 Å². The van der Waals surface area contributed by atoms with E-state index in [1.54, 1.807) is 7.11 Å². The Hall–Kier alpha value is -1.04. The lowest BCUT2D eigenvalue weighted by molar-refractivity contribution is 0.149. The molecule has 5 nitrogen and oxygen atoms in total. The molecule has 1 N–H and O–H groups in total. The quantitative estimate of drug-likeness (QED) is 0.669. The summed E-state index contributed by atoms with van der Waals surface area (Å²) in [4.78, 5) is 9.26. The molecule has 0 aliphatic rings. The average Bonchev–Trinajstić information content (AvgIpc) is 2.43. The maximum Gasteiger partial charge on any atom is 0.131 e. The number of nitrogens with one attached hydrogen (secondary N) is 1. The first-order valence-electron chi connectivity index (χ1n) is 7.71. The Kier molecular flexibility index (Phi) is 8.42. The van der Waals surface area contributed by atoms with Gasteiger partial charge in [-0.05, 0) is 32.3 Å². The van der Waals surface area contributed by atoms with Crippen molar-refractivity contribution in [2.75, 3.05) is 40.0 Å². The highest BCUT2D eigenvalue weighted by atomic mass is 16.5. The Balaban J connectivity index is 2.65. The number of aryl methyl sites for hydroxylation is 2. The number of ether oxygens (including phenoxy) is 2. The number of nitrogens with zero attached hydrogens (tertiary/aromatic N) is 2. The van der Waals surface area contributed by atoms with E-state index in [1.165, 1.54) is 5.56 Å². The minimum Gasteiger partial charge on any atom is -0.383 e. The second-order valence-electron chi connectivity index (χ2n) is 5.27. The number of hydrogen-bond acceptors (Lipinski definition) is 5. The van der Waals surface area contributed by atoms with E-state index in [2.05, 4.69) is 36.1 Å². The van der Waals surface area contributed by atoms with Crippen molar-refractivity contribution in [1.82, 2.24) is 15.3 Å². The maximum absolute atomic E-state index is 5.37. The molecule has 0 saturated carbocycles. The van der Waals surface area contributed by atoms with Crippen LogP contribution in [0.1, 0.15) is 42.5 Å². The zero-order chi connectivity index (χ0) is 15.7. The highest BCUT2D eigenvalue weighted by molar-refractivity contribution is 5.28. The summed E-state index contributed by atoms with van der Waals surface area (Å²) < 4.78 is 10.4. The standard InChI is InChI=1S/C16H29N3O2/c1-6-21-9-7-15-18-13(3)16(14(4)19-15)12(2)11-17-8-10-20-5/h12,17H,6-11H2,1-5H3. The predicted molar refractivity (Wildman–Crippen MR) is 84.9 cm³/mol. The fraction of sp³-hybridized carbons (Fsp3) is 0.750. The van der Waals surface area contributed by atoms with Gasteiger partial charge in [-0.15, -0.1) is 0 Å². The molecule has 0 aliphatic carbocycles. The second kappa shape index (κ2) is 9.82. The smallest absolute Gasteiger partial charge is 0.131 e. The number of methoxy groups -OCH3 is 1. The largest absolute Gasteiger partial charge is 0.383 e. The van der Waals surface area contributed by atoms with Gasteiger partial charge in [0.25, 0.3) is 0 Å². The fourth-order valence-electron chi connectivity index (χ4n) is 2.52. The van der Waals surface area contributed by atoms with E-state index in [-0.39, 0.29) is 0 Å². The van der Waals surface area contributed by atoms with Gasteiger partial charge < -0.3 is 14.8 Å². The van der Waals surface area contributed by atoms with Crippen molar-refractivity contribution in [3.63, 3.8) is 0 Å². The molecule has 0 amide bonds. The lowest BCUT2D eigenvalue weighted by Gasteiger charge is -2.18. The SMILES string of the molecule is CCOCCc1nc(C)c(C(C)CNCCOC)c(C)n1. The summed E-state index contributed by atoms with van der Waals surface area (Å²) in [5.74, 6) is 1.27. The molecule has 1 heterocycles. The first kappa shape index (κ1) is 18.0. The lowest BCUT2D eigenvalue weighted by Crippen LogP contribution is -2.25. The van der Waals surface area contributed by atoms with E-state index < -0.39 is 0 Å². The molecule has 0 aliphatic heterocycles. The van der Waals surface area contributed by atoms with Gasteiger partial charge >= 0.3 is 0 Å². The molecule has 1 rings (SSSR count). The van der Waals surface area contributed by atoms with Crippen LogP contribution in [0, 0.1) is 13.8 Å². The summed E-state index contributed by atoms with van der Waals surface area (Å²) in [6.45, 7) is 12.3. The van der Waals surface area contributed by atoms with Crippen molar-refractivity contribution in [3.05, 3.63) is 22.8 Å². The molecule has 0 bridgehead atoms. The monoisotopic (exact) mass is 295 g/mol. The van der Waals surface area contributed by atoms with Crippen LogP contribution >= 0.6 is 0 Å². The molecule has 21 heavy (non-hydrogen) atoms. The summed E-state index contributed by atoms with van der Waals surface area (Å²) in [7, 11) is 1.72. The van der Waals surface area contributed by atoms with Gasteiger partial charge in [-0.3, -0.25) is 0 Å². The van der Waals surface area contributed by atoms with Crippen LogP contribution in [0.2, 0.25) is 0 Å². The second-order valence-corrected chi connectivity index (χ2v) is 5.27. The van der Waals surface area contributed by atoms with E-state index in [4.69, 9.17) is 9.47 Å². The van der Waals surface area contributed by atoms with Crippen molar-refractivity contribution < 1.29 is 9.47 Å². The predicted octanol–water partition coefficient (Wildman–Crippen LogP) is 2.01. The van der Waals surface area contributed by atoms with Crippen molar-refractivity contribution in [3.8, 4) is 0 Å². The third kappa shape index (κ3) is 6.08. The molecule has 5 heteroatoms. The zero-order valence-corrected chi connectivity index (χ0v) is 14.0. The van der Waals surface area contributed by atoms with E-state index in [0.717, 1.165) is 49.9 Å². The summed E-state index contributed by atoms with van der Waals surface area (Å²) in [5.41, 5.74) is 3.41. The third-order valence-corrected chi connectivity index (χ3v) is 3.47. The number of aromatic nitrogens is 2. The third-order valence-electron chi connectivity index (χ3n) is 3.47. The van der Waals surface area contributed by atoms with Crippen LogP contribution in [0.5, 0.6) is 0 Å². The van der Waals surface area contributed by atoms with Crippen LogP contribution in [0.15, 0.2) is 0 Å². The molecule has 0 saturated heterocycles. The molecule has 0 radical (unpaired) electrons. The van der Waals surface area contributed by atoms with Crippen molar-refractivity contribution in [2.45, 2.75) is 40.0 Å². The van der Waals surface area contributed by atoms with Gasteiger partial charge in [0.1, 0.15) is 5.82 Å². The molecule has 1 aromatic rings. The fourth-order valence-corrected chi connectivity index (χ4v) is 2.52. The van der Waals surface area contributed by atoms with Gasteiger partial charge in [-0.2, -0.15) is 0 Å². The van der Waals surface area contributed by atoms with Gasteiger partial charge in [0.05, 0.1) is 13.2 Å². The van der Waals surface area contributed by atoms with Crippen LogP contribution < -0.4 is 5.32 Å². The van der Waals surface area contributed by atoms with Crippen LogP contribution in [-0.4, -0.2) is 50.0 Å². The summed E-state index contributed by atoms with van der Waals surface area (Å²) in [5, 5.41) is 3.39. The Bertz CT molecular complexity index is 401. The molecule has 120 valence electrons. The average molecular weight is 295 g/mol. The Morgan fingerprint density at radius 1 is 1.14 bits per heavy atom. The van der Waals surface area contributed by atoms with Crippen molar-refractivity contribution in [2.24, 2.45) is 0 Å².